The lowest BCUT2D eigenvalue weighted by Crippen LogP contribution is -2.43. The van der Waals surface area contributed by atoms with Gasteiger partial charge in [0, 0.05) is 19.0 Å². The maximum Gasteiger partial charge on any atom is 0.306 e. The van der Waals surface area contributed by atoms with E-state index in [2.05, 4.69) is 0 Å². The summed E-state index contributed by atoms with van der Waals surface area (Å²) >= 11 is 0. The number of carboxylic acid groups (broad SMARTS) is 1. The third kappa shape index (κ3) is 3.77. The van der Waals surface area contributed by atoms with E-state index >= 15 is 0 Å². The second-order valence-corrected chi connectivity index (χ2v) is 4.57. The van der Waals surface area contributed by atoms with Gasteiger partial charge in [0.1, 0.15) is 0 Å². The molecule has 82 valence electrons. The molecule has 0 saturated carbocycles. The monoisotopic (exact) mass is 201 g/mol. The zero-order valence-electron chi connectivity index (χ0n) is 9.50. The van der Waals surface area contributed by atoms with Crippen LogP contribution in [0.5, 0.6) is 0 Å². The largest absolute Gasteiger partial charge is 0.481 e. The van der Waals surface area contributed by atoms with E-state index in [1.54, 1.807) is 11.9 Å². The highest BCUT2D eigenvalue weighted by Crippen LogP contribution is 2.14. The number of carboxylic acids is 1. The van der Waals surface area contributed by atoms with Crippen molar-refractivity contribution in [3.05, 3.63) is 0 Å². The van der Waals surface area contributed by atoms with Crippen molar-refractivity contribution in [1.29, 1.82) is 0 Å². The van der Waals surface area contributed by atoms with Crippen LogP contribution in [0.4, 0.5) is 0 Å². The van der Waals surface area contributed by atoms with Crippen LogP contribution >= 0.6 is 0 Å². The van der Waals surface area contributed by atoms with Gasteiger partial charge < -0.3 is 10.0 Å². The Balaban J connectivity index is 4.29. The van der Waals surface area contributed by atoms with E-state index in [0.717, 1.165) is 0 Å². The quantitative estimate of drug-likeness (QED) is 0.750. The van der Waals surface area contributed by atoms with Crippen LogP contribution in [0.1, 0.15) is 34.1 Å². The van der Waals surface area contributed by atoms with Crippen LogP contribution in [-0.4, -0.2) is 34.5 Å². The van der Waals surface area contributed by atoms with Gasteiger partial charge in [0.25, 0.3) is 0 Å². The summed E-state index contributed by atoms with van der Waals surface area (Å²) in [5, 5.41) is 8.64. The normalized spacial score (nSPS) is 13.5. The van der Waals surface area contributed by atoms with Crippen LogP contribution in [0.2, 0.25) is 0 Å². The highest BCUT2D eigenvalue weighted by Gasteiger charge is 2.25. The first-order chi connectivity index (χ1) is 6.16. The van der Waals surface area contributed by atoms with Gasteiger partial charge in [-0.05, 0) is 20.8 Å². The lowest BCUT2D eigenvalue weighted by atomic mass is 10.0. The summed E-state index contributed by atoms with van der Waals surface area (Å²) in [5.74, 6) is -1.68. The predicted molar refractivity (Wildman–Crippen MR) is 53.9 cm³/mol. The van der Waals surface area contributed by atoms with Gasteiger partial charge in [-0.1, -0.05) is 6.92 Å². The summed E-state index contributed by atoms with van der Waals surface area (Å²) in [5.41, 5.74) is -0.255. The Morgan fingerprint density at radius 2 is 1.79 bits per heavy atom. The van der Waals surface area contributed by atoms with Crippen molar-refractivity contribution in [2.75, 3.05) is 7.05 Å². The van der Waals surface area contributed by atoms with Gasteiger partial charge in [0.2, 0.25) is 5.91 Å². The smallest absolute Gasteiger partial charge is 0.306 e. The SMILES string of the molecule is CC(CC(=O)N(C)C(C)(C)C)C(=O)O. The first kappa shape index (κ1) is 12.9. The number of nitrogens with zero attached hydrogens (tertiary/aromatic N) is 1. The van der Waals surface area contributed by atoms with Crippen molar-refractivity contribution >= 4 is 11.9 Å². The molecule has 1 amide bonds. The molecular formula is C10H19NO3. The van der Waals surface area contributed by atoms with Gasteiger partial charge in [0.15, 0.2) is 0 Å². The second-order valence-electron chi connectivity index (χ2n) is 4.57. The number of carbonyl (C=O) groups excluding carboxylic acids is 1. The Morgan fingerprint density at radius 1 is 1.36 bits per heavy atom. The Hall–Kier alpha value is -1.06. The zero-order valence-corrected chi connectivity index (χ0v) is 9.50. The van der Waals surface area contributed by atoms with Crippen LogP contribution in [0.15, 0.2) is 0 Å². The van der Waals surface area contributed by atoms with E-state index in [0.29, 0.717) is 0 Å². The number of hydrogen-bond donors (Lipinski definition) is 1. The molecule has 4 nitrogen and oxygen atoms in total. The molecule has 0 aromatic heterocycles. The highest BCUT2D eigenvalue weighted by molar-refractivity contribution is 5.82. The van der Waals surface area contributed by atoms with Gasteiger partial charge in [-0.15, -0.1) is 0 Å². The summed E-state index contributed by atoms with van der Waals surface area (Å²) in [6.45, 7) is 7.28. The molecule has 1 unspecified atom stereocenters. The third-order valence-corrected chi connectivity index (χ3v) is 2.28. The summed E-state index contributed by atoms with van der Waals surface area (Å²) in [4.78, 5) is 23.7. The second kappa shape index (κ2) is 4.44. The fourth-order valence-electron chi connectivity index (χ4n) is 0.860. The van der Waals surface area contributed by atoms with Gasteiger partial charge in [-0.2, -0.15) is 0 Å². The number of carbonyl (C=O) groups is 2. The zero-order chi connectivity index (χ0) is 11.5. The summed E-state index contributed by atoms with van der Waals surface area (Å²) in [7, 11) is 1.69. The van der Waals surface area contributed by atoms with Crippen LogP contribution in [0.25, 0.3) is 0 Å². The molecule has 0 radical (unpaired) electrons. The summed E-state index contributed by atoms with van der Waals surface area (Å²) in [6, 6.07) is 0. The van der Waals surface area contributed by atoms with Crippen molar-refractivity contribution in [3.8, 4) is 0 Å². The molecule has 0 aliphatic rings. The molecule has 0 bridgehead atoms. The first-order valence-electron chi connectivity index (χ1n) is 4.65. The van der Waals surface area contributed by atoms with E-state index in [1.807, 2.05) is 20.8 Å². The molecule has 0 aromatic rings. The van der Waals surface area contributed by atoms with Gasteiger partial charge >= 0.3 is 5.97 Å². The maximum absolute atomic E-state index is 11.6. The summed E-state index contributed by atoms with van der Waals surface area (Å²) in [6.07, 6.45) is 0.0586. The Bertz CT molecular complexity index is 230. The maximum atomic E-state index is 11.6. The first-order valence-corrected chi connectivity index (χ1v) is 4.65. The minimum Gasteiger partial charge on any atom is -0.481 e. The number of rotatable bonds is 3. The molecule has 0 rings (SSSR count). The molecule has 0 heterocycles. The molecule has 0 spiro atoms. The predicted octanol–water partition coefficient (Wildman–Crippen LogP) is 1.35. The Labute approximate surface area is 84.9 Å². The van der Waals surface area contributed by atoms with E-state index in [9.17, 15) is 9.59 Å². The highest BCUT2D eigenvalue weighted by atomic mass is 16.4. The molecule has 0 fully saturated rings. The number of amides is 1. The van der Waals surface area contributed by atoms with E-state index in [-0.39, 0.29) is 17.9 Å². The van der Waals surface area contributed by atoms with Crippen molar-refractivity contribution < 1.29 is 14.7 Å². The minimum atomic E-state index is -0.930. The lowest BCUT2D eigenvalue weighted by molar-refractivity contribution is -0.146. The minimum absolute atomic E-state index is 0.0586. The van der Waals surface area contributed by atoms with Crippen molar-refractivity contribution in [2.24, 2.45) is 5.92 Å². The van der Waals surface area contributed by atoms with Crippen LogP contribution in [0, 0.1) is 5.92 Å². The molecule has 0 aliphatic carbocycles. The molecule has 4 heteroatoms. The van der Waals surface area contributed by atoms with Crippen molar-refractivity contribution in [2.45, 2.75) is 39.7 Å². The van der Waals surface area contributed by atoms with E-state index in [4.69, 9.17) is 5.11 Å². The number of hydrogen-bond acceptors (Lipinski definition) is 2. The van der Waals surface area contributed by atoms with Crippen molar-refractivity contribution in [3.63, 3.8) is 0 Å². The van der Waals surface area contributed by atoms with Gasteiger partial charge in [-0.3, -0.25) is 9.59 Å². The van der Waals surface area contributed by atoms with Crippen LogP contribution < -0.4 is 0 Å². The van der Waals surface area contributed by atoms with E-state index in [1.165, 1.54) is 6.92 Å². The average molecular weight is 201 g/mol. The third-order valence-electron chi connectivity index (χ3n) is 2.28. The van der Waals surface area contributed by atoms with E-state index < -0.39 is 11.9 Å². The van der Waals surface area contributed by atoms with Crippen LogP contribution in [0.3, 0.4) is 0 Å². The van der Waals surface area contributed by atoms with Gasteiger partial charge in [0.05, 0.1) is 5.92 Å². The molecule has 0 aliphatic heterocycles. The molecule has 0 aromatic carbocycles. The fourth-order valence-corrected chi connectivity index (χ4v) is 0.860. The van der Waals surface area contributed by atoms with Gasteiger partial charge in [-0.25, -0.2) is 0 Å². The topological polar surface area (TPSA) is 57.6 Å². The Morgan fingerprint density at radius 3 is 2.07 bits per heavy atom. The van der Waals surface area contributed by atoms with Crippen molar-refractivity contribution in [1.82, 2.24) is 4.90 Å². The molecular weight excluding hydrogens is 182 g/mol. The lowest BCUT2D eigenvalue weighted by Gasteiger charge is -2.32. The average Bonchev–Trinajstić information content (AvgIpc) is 2.00. The molecule has 1 atom stereocenters. The molecule has 0 saturated heterocycles. The molecule has 14 heavy (non-hydrogen) atoms. The standard InChI is InChI=1S/C10H19NO3/c1-7(9(13)14)6-8(12)11(5)10(2,3)4/h7H,6H2,1-5H3,(H,13,14). The Kier molecular flexibility index (Phi) is 4.10. The molecule has 1 N–H and O–H groups in total. The summed E-state index contributed by atoms with van der Waals surface area (Å²) < 4.78 is 0. The van der Waals surface area contributed by atoms with Crippen LogP contribution in [-0.2, 0) is 9.59 Å². The fraction of sp³-hybridized carbons (Fsp3) is 0.800. The number of aliphatic carboxylic acids is 1.